The van der Waals surface area contributed by atoms with Gasteiger partial charge in [0, 0.05) is 6.07 Å². The molecule has 1 rings (SSSR count). The predicted molar refractivity (Wildman–Crippen MR) is 66.7 cm³/mol. The number of hydrogen-bond donors (Lipinski definition) is 1. The predicted octanol–water partition coefficient (Wildman–Crippen LogP) is 1.34. The minimum Gasteiger partial charge on any atom is -0.465 e. The Kier molecular flexibility index (Phi) is 4.87. The summed E-state index contributed by atoms with van der Waals surface area (Å²) in [6, 6.07) is 4.68. The number of halogens is 1. The van der Waals surface area contributed by atoms with Crippen LogP contribution < -0.4 is 5.43 Å². The average Bonchev–Trinajstić information content (AvgIpc) is 2.47. The molecule has 10 heteroatoms. The molecule has 0 bridgehead atoms. The van der Waals surface area contributed by atoms with Crippen LogP contribution in [0, 0.1) is 38.6 Å². The Hall–Kier alpha value is -3.53. The van der Waals surface area contributed by atoms with Crippen molar-refractivity contribution in [1.82, 2.24) is 0 Å². The SMILES string of the molecule is COC(=O)c1c(NN=C(C#N)C#N)ccc([N+](=O)[O-])c1F. The lowest BCUT2D eigenvalue weighted by Gasteiger charge is -2.08. The molecule has 0 radical (unpaired) electrons. The van der Waals surface area contributed by atoms with Crippen molar-refractivity contribution in [3.05, 3.63) is 33.6 Å². The Balaban J connectivity index is 3.41. The van der Waals surface area contributed by atoms with Gasteiger partial charge in [-0.25, -0.2) is 4.79 Å². The van der Waals surface area contributed by atoms with Crippen LogP contribution in [0.2, 0.25) is 0 Å². The first-order chi connectivity index (χ1) is 9.96. The summed E-state index contributed by atoms with van der Waals surface area (Å²) in [6.07, 6.45) is 0. The van der Waals surface area contributed by atoms with Gasteiger partial charge in [0.2, 0.25) is 11.5 Å². The second kappa shape index (κ2) is 6.58. The van der Waals surface area contributed by atoms with Gasteiger partial charge in [-0.15, -0.1) is 0 Å². The number of methoxy groups -OCH3 is 1. The van der Waals surface area contributed by atoms with Crippen LogP contribution in [0.5, 0.6) is 0 Å². The molecule has 0 spiro atoms. The van der Waals surface area contributed by atoms with Crippen LogP contribution in [0.4, 0.5) is 15.8 Å². The summed E-state index contributed by atoms with van der Waals surface area (Å²) >= 11 is 0. The van der Waals surface area contributed by atoms with E-state index in [1.165, 1.54) is 12.1 Å². The Morgan fingerprint density at radius 2 is 2.10 bits per heavy atom. The third-order valence-corrected chi connectivity index (χ3v) is 2.21. The van der Waals surface area contributed by atoms with Crippen molar-refractivity contribution in [2.45, 2.75) is 0 Å². The highest BCUT2D eigenvalue weighted by Gasteiger charge is 2.26. The number of hydrazone groups is 1. The molecule has 0 heterocycles. The lowest BCUT2D eigenvalue weighted by molar-refractivity contribution is -0.387. The summed E-state index contributed by atoms with van der Waals surface area (Å²) in [5.74, 6) is -2.59. The summed E-state index contributed by atoms with van der Waals surface area (Å²) < 4.78 is 18.3. The van der Waals surface area contributed by atoms with Gasteiger partial charge in [-0.05, 0) is 6.07 Å². The first kappa shape index (κ1) is 15.5. The van der Waals surface area contributed by atoms with Crippen LogP contribution in [0.1, 0.15) is 10.4 Å². The van der Waals surface area contributed by atoms with Gasteiger partial charge in [-0.3, -0.25) is 15.5 Å². The van der Waals surface area contributed by atoms with Gasteiger partial charge in [-0.2, -0.15) is 20.0 Å². The van der Waals surface area contributed by atoms with E-state index in [2.05, 4.69) is 15.3 Å². The van der Waals surface area contributed by atoms with Crippen LogP contribution in [0.15, 0.2) is 17.2 Å². The molecule has 1 aromatic rings. The number of carbonyl (C=O) groups is 1. The van der Waals surface area contributed by atoms with Crippen molar-refractivity contribution in [3.8, 4) is 12.1 Å². The van der Waals surface area contributed by atoms with Crippen molar-refractivity contribution in [2.75, 3.05) is 12.5 Å². The fourth-order valence-electron chi connectivity index (χ4n) is 1.29. The van der Waals surface area contributed by atoms with Crippen LogP contribution in [0.3, 0.4) is 0 Å². The molecule has 0 aliphatic rings. The van der Waals surface area contributed by atoms with E-state index in [1.54, 1.807) is 0 Å². The maximum absolute atomic E-state index is 13.9. The lowest BCUT2D eigenvalue weighted by atomic mass is 10.1. The third-order valence-electron chi connectivity index (χ3n) is 2.21. The Labute approximate surface area is 117 Å². The maximum atomic E-state index is 13.9. The highest BCUT2D eigenvalue weighted by molar-refractivity contribution is 6.10. The first-order valence-corrected chi connectivity index (χ1v) is 5.15. The Morgan fingerprint density at radius 3 is 2.57 bits per heavy atom. The Morgan fingerprint density at radius 1 is 1.48 bits per heavy atom. The first-order valence-electron chi connectivity index (χ1n) is 5.15. The minimum atomic E-state index is -1.41. The smallest absolute Gasteiger partial charge is 0.343 e. The molecule has 0 saturated heterocycles. The van der Waals surface area contributed by atoms with E-state index < -0.39 is 33.7 Å². The number of esters is 1. The Bertz CT molecular complexity index is 701. The molecule has 0 saturated carbocycles. The van der Waals surface area contributed by atoms with Crippen molar-refractivity contribution in [1.29, 1.82) is 10.5 Å². The van der Waals surface area contributed by atoms with Gasteiger partial charge < -0.3 is 4.74 Å². The summed E-state index contributed by atoms with van der Waals surface area (Å²) in [5, 5.41) is 31.0. The number of nitrogens with zero attached hydrogens (tertiary/aromatic N) is 4. The van der Waals surface area contributed by atoms with Crippen LogP contribution >= 0.6 is 0 Å². The van der Waals surface area contributed by atoms with E-state index in [-0.39, 0.29) is 5.69 Å². The molecule has 106 valence electrons. The molecule has 0 aliphatic heterocycles. The highest BCUT2D eigenvalue weighted by Crippen LogP contribution is 2.28. The molecule has 0 aromatic heterocycles. The number of hydrogen-bond acceptors (Lipinski definition) is 8. The number of anilines is 1. The third kappa shape index (κ3) is 3.27. The molecular weight excluding hydrogens is 285 g/mol. The average molecular weight is 291 g/mol. The molecule has 1 N–H and O–H groups in total. The normalized spacial score (nSPS) is 8.95. The lowest BCUT2D eigenvalue weighted by Crippen LogP contribution is -2.11. The van der Waals surface area contributed by atoms with E-state index >= 15 is 0 Å². The number of nitro benzene ring substituents is 1. The second-order valence-electron chi connectivity index (χ2n) is 3.37. The van der Waals surface area contributed by atoms with Crippen LogP contribution in [0.25, 0.3) is 0 Å². The molecule has 0 unspecified atom stereocenters. The van der Waals surface area contributed by atoms with Gasteiger partial charge in [0.25, 0.3) is 0 Å². The quantitative estimate of drug-likeness (QED) is 0.381. The topological polar surface area (TPSA) is 141 Å². The minimum absolute atomic E-state index is 0.284. The zero-order valence-corrected chi connectivity index (χ0v) is 10.5. The van der Waals surface area contributed by atoms with Crippen molar-refractivity contribution in [2.24, 2.45) is 5.10 Å². The molecule has 0 amide bonds. The fraction of sp³-hybridized carbons (Fsp3) is 0.0909. The van der Waals surface area contributed by atoms with Crippen molar-refractivity contribution >= 4 is 23.1 Å². The van der Waals surface area contributed by atoms with Gasteiger partial charge in [-0.1, -0.05) is 0 Å². The number of nitrogens with one attached hydrogen (secondary N) is 1. The number of benzene rings is 1. The van der Waals surface area contributed by atoms with Crippen LogP contribution in [-0.4, -0.2) is 23.7 Å². The maximum Gasteiger partial charge on any atom is 0.343 e. The van der Waals surface area contributed by atoms with E-state index in [0.29, 0.717) is 0 Å². The molecule has 0 aliphatic carbocycles. The van der Waals surface area contributed by atoms with Gasteiger partial charge >= 0.3 is 11.7 Å². The zero-order valence-electron chi connectivity index (χ0n) is 10.5. The molecule has 0 atom stereocenters. The van der Waals surface area contributed by atoms with E-state index in [9.17, 15) is 19.3 Å². The summed E-state index contributed by atoms with van der Waals surface area (Å²) in [5.41, 5.74) is -0.430. The van der Waals surface area contributed by atoms with Gasteiger partial charge in [0.15, 0.2) is 0 Å². The summed E-state index contributed by atoms with van der Waals surface area (Å²) in [7, 11) is 0.962. The van der Waals surface area contributed by atoms with Crippen LogP contribution in [-0.2, 0) is 4.74 Å². The molecule has 9 nitrogen and oxygen atoms in total. The standard InChI is InChI=1S/C11H6FN5O4/c1-21-11(18)9-7(16-15-6(4-13)5-14)2-3-8(10(9)12)17(19)20/h2-3,16H,1H3. The largest absolute Gasteiger partial charge is 0.465 e. The molecule has 1 aromatic carbocycles. The molecule has 0 fully saturated rings. The van der Waals surface area contributed by atoms with E-state index in [1.807, 2.05) is 0 Å². The number of rotatable bonds is 4. The van der Waals surface area contributed by atoms with Crippen molar-refractivity contribution in [3.63, 3.8) is 0 Å². The molecule has 21 heavy (non-hydrogen) atoms. The second-order valence-corrected chi connectivity index (χ2v) is 3.37. The summed E-state index contributed by atoms with van der Waals surface area (Å²) in [4.78, 5) is 21.1. The fourth-order valence-corrected chi connectivity index (χ4v) is 1.29. The van der Waals surface area contributed by atoms with Gasteiger partial charge in [0.1, 0.15) is 17.7 Å². The van der Waals surface area contributed by atoms with E-state index in [4.69, 9.17) is 10.5 Å². The number of ether oxygens (including phenoxy) is 1. The molecular formula is C11H6FN5O4. The number of nitriles is 2. The highest BCUT2D eigenvalue weighted by atomic mass is 19.1. The zero-order chi connectivity index (χ0) is 16.0. The van der Waals surface area contributed by atoms with Crippen molar-refractivity contribution < 1.29 is 18.8 Å². The monoisotopic (exact) mass is 291 g/mol. The summed E-state index contributed by atoms with van der Waals surface area (Å²) in [6.45, 7) is 0. The number of carbonyl (C=O) groups excluding carboxylic acids is 1. The van der Waals surface area contributed by atoms with Gasteiger partial charge in [0.05, 0.1) is 17.7 Å². The number of nitro groups is 1. The van der Waals surface area contributed by atoms with E-state index in [0.717, 1.165) is 19.2 Å².